The summed E-state index contributed by atoms with van der Waals surface area (Å²) in [5.74, 6) is 9.36. The Morgan fingerprint density at radius 2 is 2.00 bits per heavy atom. The second-order valence-electron chi connectivity index (χ2n) is 5.97. The molecule has 112 valence electrons. The third-order valence-corrected chi connectivity index (χ3v) is 4.43. The van der Waals surface area contributed by atoms with Crippen molar-refractivity contribution in [2.24, 2.45) is 17.7 Å². The molecule has 0 spiro atoms. The molecular weight excluding hydrogens is 250 g/mol. The number of hydrogen-bond acceptors (Lipinski definition) is 5. The van der Waals surface area contributed by atoms with E-state index < -0.39 is 0 Å². The lowest BCUT2D eigenvalue weighted by Gasteiger charge is -2.35. The van der Waals surface area contributed by atoms with E-state index in [0.29, 0.717) is 17.8 Å². The highest BCUT2D eigenvalue weighted by molar-refractivity contribution is 5.47. The Bertz CT molecular complexity index is 434. The summed E-state index contributed by atoms with van der Waals surface area (Å²) in [7, 11) is 0. The quantitative estimate of drug-likeness (QED) is 0.570. The maximum absolute atomic E-state index is 5.50. The first-order valence-corrected chi connectivity index (χ1v) is 7.75. The maximum atomic E-state index is 5.50. The zero-order valence-electron chi connectivity index (χ0n) is 12.8. The monoisotopic (exact) mass is 277 g/mol. The van der Waals surface area contributed by atoms with Crippen LogP contribution in [0.1, 0.15) is 52.3 Å². The van der Waals surface area contributed by atoms with Gasteiger partial charge in [0.2, 0.25) is 0 Å². The molecule has 3 unspecified atom stereocenters. The lowest BCUT2D eigenvalue weighted by molar-refractivity contribution is 0.253. The van der Waals surface area contributed by atoms with Crippen LogP contribution < -0.4 is 16.6 Å². The number of hydrogen-bond donors (Lipinski definition) is 3. The van der Waals surface area contributed by atoms with Gasteiger partial charge in [0, 0.05) is 18.5 Å². The summed E-state index contributed by atoms with van der Waals surface area (Å²) in [4.78, 5) is 8.99. The average Bonchev–Trinajstić information content (AvgIpc) is 2.44. The van der Waals surface area contributed by atoms with E-state index in [2.05, 4.69) is 41.5 Å². The molecule has 5 nitrogen and oxygen atoms in total. The van der Waals surface area contributed by atoms with E-state index in [1.807, 2.05) is 6.07 Å². The standard InChI is InChI=1S/C15H27N5/c1-4-6-13-18-14(9-15(19-13)20-16)17-12-8-5-7-10(2)11(12)3/h9-12H,4-8,16H2,1-3H3,(H2,17,18,19,20). The van der Waals surface area contributed by atoms with E-state index in [1.165, 1.54) is 19.3 Å². The van der Waals surface area contributed by atoms with Gasteiger partial charge in [0.1, 0.15) is 17.5 Å². The Morgan fingerprint density at radius 1 is 1.25 bits per heavy atom. The van der Waals surface area contributed by atoms with Gasteiger partial charge in [-0.15, -0.1) is 0 Å². The first-order chi connectivity index (χ1) is 9.63. The van der Waals surface area contributed by atoms with Crippen molar-refractivity contribution in [1.29, 1.82) is 0 Å². The van der Waals surface area contributed by atoms with Crippen LogP contribution in [0.4, 0.5) is 11.6 Å². The van der Waals surface area contributed by atoms with Crippen LogP contribution >= 0.6 is 0 Å². The molecule has 1 aromatic rings. The van der Waals surface area contributed by atoms with Crippen molar-refractivity contribution in [2.75, 3.05) is 10.7 Å². The number of aromatic nitrogens is 2. The van der Waals surface area contributed by atoms with Crippen LogP contribution in [0.3, 0.4) is 0 Å². The fraction of sp³-hybridized carbons (Fsp3) is 0.733. The molecule has 1 fully saturated rings. The van der Waals surface area contributed by atoms with Gasteiger partial charge in [0.05, 0.1) is 0 Å². The predicted octanol–water partition coefficient (Wildman–Crippen LogP) is 2.95. The number of nitrogen functional groups attached to an aromatic ring is 1. The Kier molecular flexibility index (Phi) is 5.17. The van der Waals surface area contributed by atoms with E-state index in [9.17, 15) is 0 Å². The molecule has 0 aromatic carbocycles. The van der Waals surface area contributed by atoms with Crippen molar-refractivity contribution in [2.45, 2.75) is 58.9 Å². The minimum absolute atomic E-state index is 0.494. The van der Waals surface area contributed by atoms with Crippen LogP contribution in [0.25, 0.3) is 0 Å². The van der Waals surface area contributed by atoms with Crippen molar-refractivity contribution in [3.63, 3.8) is 0 Å². The van der Waals surface area contributed by atoms with E-state index in [4.69, 9.17) is 5.84 Å². The highest BCUT2D eigenvalue weighted by Crippen LogP contribution is 2.31. The molecule has 1 aliphatic rings. The Balaban J connectivity index is 2.13. The lowest BCUT2D eigenvalue weighted by Crippen LogP contribution is -2.35. The summed E-state index contributed by atoms with van der Waals surface area (Å²) in [6, 6.07) is 2.39. The highest BCUT2D eigenvalue weighted by Gasteiger charge is 2.27. The minimum Gasteiger partial charge on any atom is -0.367 e. The van der Waals surface area contributed by atoms with Crippen molar-refractivity contribution in [3.8, 4) is 0 Å². The van der Waals surface area contributed by atoms with Gasteiger partial charge < -0.3 is 10.7 Å². The summed E-state index contributed by atoms with van der Waals surface area (Å²) in [5.41, 5.74) is 2.63. The van der Waals surface area contributed by atoms with Crippen LogP contribution in [-0.2, 0) is 6.42 Å². The summed E-state index contributed by atoms with van der Waals surface area (Å²) < 4.78 is 0. The third kappa shape index (κ3) is 3.60. The number of aryl methyl sites for hydroxylation is 1. The second kappa shape index (κ2) is 6.88. The SMILES string of the molecule is CCCc1nc(NN)cc(NC2CCCC(C)C2C)n1. The minimum atomic E-state index is 0.494. The first-order valence-electron chi connectivity index (χ1n) is 7.75. The molecule has 1 aliphatic carbocycles. The van der Waals surface area contributed by atoms with Crippen molar-refractivity contribution < 1.29 is 0 Å². The number of nitrogens with two attached hydrogens (primary N) is 1. The van der Waals surface area contributed by atoms with Crippen LogP contribution in [0.2, 0.25) is 0 Å². The number of nitrogens with zero attached hydrogens (tertiary/aromatic N) is 2. The van der Waals surface area contributed by atoms with Crippen molar-refractivity contribution in [1.82, 2.24) is 9.97 Å². The van der Waals surface area contributed by atoms with E-state index in [1.54, 1.807) is 0 Å². The van der Waals surface area contributed by atoms with Gasteiger partial charge in [-0.1, -0.05) is 33.6 Å². The van der Waals surface area contributed by atoms with Gasteiger partial charge in [-0.25, -0.2) is 15.8 Å². The maximum Gasteiger partial charge on any atom is 0.145 e. The molecule has 0 amide bonds. The largest absolute Gasteiger partial charge is 0.367 e. The highest BCUT2D eigenvalue weighted by atomic mass is 15.3. The van der Waals surface area contributed by atoms with Crippen LogP contribution in [0.15, 0.2) is 6.07 Å². The van der Waals surface area contributed by atoms with E-state index in [0.717, 1.165) is 30.4 Å². The number of nitrogens with one attached hydrogen (secondary N) is 2. The Hall–Kier alpha value is -1.36. The zero-order valence-corrected chi connectivity index (χ0v) is 12.8. The molecule has 1 heterocycles. The summed E-state index contributed by atoms with van der Waals surface area (Å²) >= 11 is 0. The summed E-state index contributed by atoms with van der Waals surface area (Å²) in [6.45, 7) is 6.80. The lowest BCUT2D eigenvalue weighted by atomic mass is 9.78. The fourth-order valence-electron chi connectivity index (χ4n) is 2.96. The average molecular weight is 277 g/mol. The van der Waals surface area contributed by atoms with Crippen molar-refractivity contribution >= 4 is 11.6 Å². The Morgan fingerprint density at radius 3 is 2.70 bits per heavy atom. The van der Waals surface area contributed by atoms with Gasteiger partial charge in [-0.3, -0.25) is 0 Å². The predicted molar refractivity (Wildman–Crippen MR) is 83.4 cm³/mol. The van der Waals surface area contributed by atoms with Gasteiger partial charge in [-0.2, -0.15) is 0 Å². The molecule has 5 heteroatoms. The molecule has 1 saturated carbocycles. The molecule has 0 bridgehead atoms. The first kappa shape index (κ1) is 15.0. The van der Waals surface area contributed by atoms with Gasteiger partial charge in [0.15, 0.2) is 0 Å². The molecule has 3 atom stereocenters. The number of hydrazine groups is 1. The molecular formula is C15H27N5. The number of anilines is 2. The molecule has 2 rings (SSSR count). The fourth-order valence-corrected chi connectivity index (χ4v) is 2.96. The van der Waals surface area contributed by atoms with Gasteiger partial charge in [-0.05, 0) is 24.7 Å². The second-order valence-corrected chi connectivity index (χ2v) is 5.97. The molecule has 0 aliphatic heterocycles. The van der Waals surface area contributed by atoms with Gasteiger partial charge in [0.25, 0.3) is 0 Å². The normalized spacial score (nSPS) is 26.3. The molecule has 0 radical (unpaired) electrons. The van der Waals surface area contributed by atoms with Crippen molar-refractivity contribution in [3.05, 3.63) is 11.9 Å². The van der Waals surface area contributed by atoms with Crippen LogP contribution in [-0.4, -0.2) is 16.0 Å². The zero-order chi connectivity index (χ0) is 14.5. The molecule has 20 heavy (non-hydrogen) atoms. The molecule has 0 saturated heterocycles. The topological polar surface area (TPSA) is 75.9 Å². The molecule has 1 aromatic heterocycles. The summed E-state index contributed by atoms with van der Waals surface area (Å²) in [5, 5.41) is 3.59. The smallest absolute Gasteiger partial charge is 0.145 e. The van der Waals surface area contributed by atoms with Crippen LogP contribution in [0, 0.1) is 11.8 Å². The van der Waals surface area contributed by atoms with E-state index in [-0.39, 0.29) is 0 Å². The third-order valence-electron chi connectivity index (χ3n) is 4.43. The number of rotatable bonds is 5. The Labute approximate surface area is 121 Å². The molecule has 4 N–H and O–H groups in total. The van der Waals surface area contributed by atoms with Crippen LogP contribution in [0.5, 0.6) is 0 Å². The van der Waals surface area contributed by atoms with Gasteiger partial charge >= 0.3 is 0 Å². The van der Waals surface area contributed by atoms with E-state index >= 15 is 0 Å². The summed E-state index contributed by atoms with van der Waals surface area (Å²) in [6.07, 6.45) is 5.74.